The minimum Gasteiger partial charge on any atom is -0.357 e. The normalized spacial score (nSPS) is 19.0. The van der Waals surface area contributed by atoms with Crippen LogP contribution in [0.25, 0.3) is 0 Å². The molecule has 5 heteroatoms. The minimum atomic E-state index is 0. The number of aliphatic imine (C=N–C) groups is 1. The smallest absolute Gasteiger partial charge is 0.194 e. The second-order valence-corrected chi connectivity index (χ2v) is 7.70. The summed E-state index contributed by atoms with van der Waals surface area (Å²) in [5.74, 6) is 1.10. The van der Waals surface area contributed by atoms with E-state index in [-0.39, 0.29) is 24.0 Å². The van der Waals surface area contributed by atoms with Gasteiger partial charge in [0.15, 0.2) is 5.96 Å². The molecule has 1 heterocycles. The summed E-state index contributed by atoms with van der Waals surface area (Å²) in [5.41, 5.74) is 3.32. The summed E-state index contributed by atoms with van der Waals surface area (Å²) in [4.78, 5) is 9.67. The Labute approximate surface area is 170 Å². The molecule has 0 aromatic heterocycles. The van der Waals surface area contributed by atoms with E-state index >= 15 is 0 Å². The van der Waals surface area contributed by atoms with E-state index < -0.39 is 0 Å². The molecule has 0 radical (unpaired) electrons. The van der Waals surface area contributed by atoms with Crippen LogP contribution in [0.15, 0.2) is 29.3 Å². The maximum absolute atomic E-state index is 4.97. The van der Waals surface area contributed by atoms with Crippen molar-refractivity contribution in [3.63, 3.8) is 0 Å². The van der Waals surface area contributed by atoms with Crippen LogP contribution in [0.2, 0.25) is 0 Å². The molecule has 1 aliphatic carbocycles. The van der Waals surface area contributed by atoms with E-state index in [2.05, 4.69) is 60.4 Å². The zero-order valence-corrected chi connectivity index (χ0v) is 18.3. The van der Waals surface area contributed by atoms with Crippen molar-refractivity contribution in [1.29, 1.82) is 0 Å². The van der Waals surface area contributed by atoms with Gasteiger partial charge in [0.2, 0.25) is 0 Å². The molecule has 1 saturated carbocycles. The second kappa shape index (κ2) is 9.21. The summed E-state index contributed by atoms with van der Waals surface area (Å²) < 4.78 is 0. The molecule has 1 aromatic carbocycles. The first-order valence-corrected chi connectivity index (χ1v) is 9.37. The van der Waals surface area contributed by atoms with Gasteiger partial charge in [-0.3, -0.25) is 0 Å². The highest BCUT2D eigenvalue weighted by molar-refractivity contribution is 14.0. The van der Waals surface area contributed by atoms with Gasteiger partial charge in [0.05, 0.1) is 6.54 Å². The third-order valence-electron chi connectivity index (χ3n) is 5.49. The van der Waals surface area contributed by atoms with Crippen molar-refractivity contribution >= 4 is 29.9 Å². The van der Waals surface area contributed by atoms with Crippen LogP contribution in [0.1, 0.15) is 43.7 Å². The lowest BCUT2D eigenvalue weighted by Gasteiger charge is -2.38. The summed E-state index contributed by atoms with van der Waals surface area (Å²) in [6.45, 7) is 7.17. The quantitative estimate of drug-likeness (QED) is 0.417. The molecule has 1 spiro atoms. The molecule has 1 aromatic rings. The molecule has 4 nitrogen and oxygen atoms in total. The number of nitrogens with zero attached hydrogens (tertiary/aromatic N) is 3. The first-order valence-electron chi connectivity index (χ1n) is 9.37. The molecule has 2 fully saturated rings. The molecular weight excluding hydrogens is 423 g/mol. The van der Waals surface area contributed by atoms with Crippen molar-refractivity contribution in [3.05, 3.63) is 35.4 Å². The highest BCUT2D eigenvalue weighted by Gasteiger charge is 2.43. The third-order valence-corrected chi connectivity index (χ3v) is 5.49. The van der Waals surface area contributed by atoms with Gasteiger partial charge in [-0.1, -0.05) is 30.7 Å². The number of hydrogen-bond acceptors (Lipinski definition) is 2. The van der Waals surface area contributed by atoms with Gasteiger partial charge in [0, 0.05) is 26.2 Å². The highest BCUT2D eigenvalue weighted by Crippen LogP contribution is 2.47. The van der Waals surface area contributed by atoms with E-state index in [1.807, 2.05) is 0 Å². The summed E-state index contributed by atoms with van der Waals surface area (Å²) in [6, 6.07) is 8.68. The minimum absolute atomic E-state index is 0. The van der Waals surface area contributed by atoms with Gasteiger partial charge in [-0.05, 0) is 56.8 Å². The molecular formula is C20H33IN4. The molecule has 25 heavy (non-hydrogen) atoms. The first kappa shape index (κ1) is 20.5. The topological polar surface area (TPSA) is 30.9 Å². The number of likely N-dealkylation sites (tertiary alicyclic amines) is 1. The van der Waals surface area contributed by atoms with Crippen LogP contribution in [-0.2, 0) is 13.1 Å². The molecule has 3 rings (SSSR count). The summed E-state index contributed by atoms with van der Waals surface area (Å²) in [7, 11) is 4.23. The molecule has 1 aliphatic heterocycles. The lowest BCUT2D eigenvalue weighted by atomic mass is 9.68. The zero-order chi connectivity index (χ0) is 17.0. The van der Waals surface area contributed by atoms with Gasteiger partial charge in [-0.15, -0.1) is 24.0 Å². The van der Waals surface area contributed by atoms with Gasteiger partial charge in [0.1, 0.15) is 0 Å². The van der Waals surface area contributed by atoms with Gasteiger partial charge in [-0.2, -0.15) is 0 Å². The molecule has 0 bridgehead atoms. The molecule has 140 valence electrons. The van der Waals surface area contributed by atoms with Crippen LogP contribution in [0.4, 0.5) is 0 Å². The van der Waals surface area contributed by atoms with E-state index in [0.717, 1.165) is 32.1 Å². The van der Waals surface area contributed by atoms with Gasteiger partial charge >= 0.3 is 0 Å². The lowest BCUT2D eigenvalue weighted by Crippen LogP contribution is -2.42. The largest absolute Gasteiger partial charge is 0.357 e. The average molecular weight is 456 g/mol. The van der Waals surface area contributed by atoms with E-state index in [1.165, 1.54) is 43.4 Å². The number of halogens is 1. The van der Waals surface area contributed by atoms with Crippen LogP contribution >= 0.6 is 24.0 Å². The fraction of sp³-hybridized carbons (Fsp3) is 0.650. The predicted octanol–water partition coefficient (Wildman–Crippen LogP) is 3.71. The number of nitrogens with one attached hydrogen (secondary N) is 1. The van der Waals surface area contributed by atoms with Crippen LogP contribution < -0.4 is 5.32 Å². The summed E-state index contributed by atoms with van der Waals surface area (Å²) >= 11 is 0. The molecule has 1 saturated heterocycles. The fourth-order valence-corrected chi connectivity index (χ4v) is 3.99. The monoisotopic (exact) mass is 456 g/mol. The van der Waals surface area contributed by atoms with E-state index in [1.54, 1.807) is 0 Å². The number of hydrogen-bond donors (Lipinski definition) is 1. The average Bonchev–Trinajstić information content (AvgIpc) is 2.98. The van der Waals surface area contributed by atoms with Crippen LogP contribution in [0.5, 0.6) is 0 Å². The number of rotatable bonds is 5. The SMILES string of the molecule is CCNC(=NCc1ccccc1CN(C)C)N1CCC2(CCC2)C1.I. The zero-order valence-electron chi connectivity index (χ0n) is 15.9. The number of benzene rings is 1. The summed E-state index contributed by atoms with van der Waals surface area (Å²) in [5, 5.41) is 3.51. The summed E-state index contributed by atoms with van der Waals surface area (Å²) in [6.07, 6.45) is 5.58. The van der Waals surface area contributed by atoms with E-state index in [4.69, 9.17) is 4.99 Å². The molecule has 0 amide bonds. The van der Waals surface area contributed by atoms with Gasteiger partial charge in [0.25, 0.3) is 0 Å². The predicted molar refractivity (Wildman–Crippen MR) is 117 cm³/mol. The Morgan fingerprint density at radius 2 is 1.92 bits per heavy atom. The Kier molecular flexibility index (Phi) is 7.55. The van der Waals surface area contributed by atoms with E-state index in [9.17, 15) is 0 Å². The maximum Gasteiger partial charge on any atom is 0.194 e. The molecule has 1 N–H and O–H groups in total. The standard InChI is InChI=1S/C20H32N4.HI/c1-4-21-19(24-13-12-20(16-24)10-7-11-20)22-14-17-8-5-6-9-18(17)15-23(2)3;/h5-6,8-9H,4,7,10-16H2,1-3H3,(H,21,22);1H. The van der Waals surface area contributed by atoms with Gasteiger partial charge < -0.3 is 15.1 Å². The fourth-order valence-electron chi connectivity index (χ4n) is 3.99. The first-order chi connectivity index (χ1) is 11.6. The van der Waals surface area contributed by atoms with Crippen molar-refractivity contribution in [2.24, 2.45) is 10.4 Å². The van der Waals surface area contributed by atoms with Crippen molar-refractivity contribution in [2.45, 2.75) is 45.7 Å². The second-order valence-electron chi connectivity index (χ2n) is 7.70. The molecule has 2 aliphatic rings. The Morgan fingerprint density at radius 3 is 2.48 bits per heavy atom. The van der Waals surface area contributed by atoms with E-state index in [0.29, 0.717) is 5.41 Å². The van der Waals surface area contributed by atoms with Crippen molar-refractivity contribution in [3.8, 4) is 0 Å². The lowest BCUT2D eigenvalue weighted by molar-refractivity contribution is 0.151. The van der Waals surface area contributed by atoms with Crippen LogP contribution in [-0.4, -0.2) is 49.5 Å². The van der Waals surface area contributed by atoms with Crippen molar-refractivity contribution in [2.75, 3.05) is 33.7 Å². The number of guanidine groups is 1. The molecule has 0 atom stereocenters. The van der Waals surface area contributed by atoms with Crippen molar-refractivity contribution in [1.82, 2.24) is 15.1 Å². The van der Waals surface area contributed by atoms with Crippen LogP contribution in [0.3, 0.4) is 0 Å². The van der Waals surface area contributed by atoms with Crippen molar-refractivity contribution < 1.29 is 0 Å². The Balaban J connectivity index is 0.00000225. The highest BCUT2D eigenvalue weighted by atomic mass is 127. The van der Waals surface area contributed by atoms with Gasteiger partial charge in [-0.25, -0.2) is 4.99 Å². The Bertz CT molecular complexity index is 581. The third kappa shape index (κ3) is 5.09. The maximum atomic E-state index is 4.97. The Hall–Kier alpha value is -0.820. The molecule has 0 unspecified atom stereocenters. The Morgan fingerprint density at radius 1 is 1.20 bits per heavy atom. The van der Waals surface area contributed by atoms with Crippen LogP contribution in [0, 0.1) is 5.41 Å².